The van der Waals surface area contributed by atoms with Gasteiger partial charge < -0.3 is 0 Å². The first-order valence-corrected chi connectivity index (χ1v) is 3.75. The van der Waals surface area contributed by atoms with Crippen LogP contribution in [0.3, 0.4) is 0 Å². The van der Waals surface area contributed by atoms with Gasteiger partial charge in [-0.15, -0.1) is 5.11 Å². The molecule has 0 saturated carbocycles. The minimum Gasteiger partial charge on any atom is -0.262 e. The topological polar surface area (TPSA) is 49.1 Å². The van der Waals surface area contributed by atoms with Gasteiger partial charge in [0.05, 0.1) is 16.1 Å². The first kappa shape index (κ1) is 5.91. The first-order valence-electron chi connectivity index (χ1n) is 2.94. The normalized spacial score (nSPS) is 28.7. The van der Waals surface area contributed by atoms with Crippen molar-refractivity contribution >= 4 is 16.8 Å². The van der Waals surface area contributed by atoms with Crippen molar-refractivity contribution in [2.45, 2.75) is 13.1 Å². The van der Waals surface area contributed by atoms with Gasteiger partial charge in [0.25, 0.3) is 0 Å². The second kappa shape index (κ2) is 2.09. The van der Waals surface area contributed by atoms with Crippen molar-refractivity contribution in [1.82, 2.24) is 5.43 Å². The molecule has 1 unspecified atom stereocenters. The Morgan fingerprint density at radius 1 is 1.70 bits per heavy atom. The Morgan fingerprint density at radius 2 is 2.60 bits per heavy atom. The van der Waals surface area contributed by atoms with Gasteiger partial charge in [-0.1, -0.05) is 17.0 Å². The summed E-state index contributed by atoms with van der Waals surface area (Å²) >= 11 is 1.64. The van der Waals surface area contributed by atoms with Crippen LogP contribution in [0.25, 0.3) is 0 Å². The van der Waals surface area contributed by atoms with Crippen LogP contribution >= 0.6 is 11.8 Å². The number of fused-ring (bicyclic) bond motifs is 1. The van der Waals surface area contributed by atoms with E-state index in [1.807, 2.05) is 6.92 Å². The Morgan fingerprint density at radius 3 is 3.40 bits per heavy atom. The summed E-state index contributed by atoms with van der Waals surface area (Å²) in [7, 11) is 0. The van der Waals surface area contributed by atoms with Gasteiger partial charge in [-0.3, -0.25) is 10.4 Å². The van der Waals surface area contributed by atoms with Gasteiger partial charge in [-0.05, 0) is 6.92 Å². The molecule has 2 aliphatic rings. The van der Waals surface area contributed by atoms with E-state index in [0.717, 1.165) is 9.95 Å². The zero-order valence-electron chi connectivity index (χ0n) is 5.40. The summed E-state index contributed by atoms with van der Waals surface area (Å²) in [6, 6.07) is 0. The number of thioether (sulfide) groups is 1. The molecule has 1 atom stereocenters. The van der Waals surface area contributed by atoms with Crippen LogP contribution in [0.1, 0.15) is 6.92 Å². The Hall–Kier alpha value is -0.840. The summed E-state index contributed by atoms with van der Waals surface area (Å²) < 4.78 is 0. The molecule has 4 nitrogen and oxygen atoms in total. The average molecular weight is 154 g/mol. The van der Waals surface area contributed by atoms with Crippen molar-refractivity contribution in [2.75, 3.05) is 0 Å². The van der Waals surface area contributed by atoms with E-state index in [4.69, 9.17) is 0 Å². The highest BCUT2D eigenvalue weighted by Gasteiger charge is 2.22. The van der Waals surface area contributed by atoms with Crippen LogP contribution in [0.2, 0.25) is 0 Å². The minimum atomic E-state index is 0.0440. The van der Waals surface area contributed by atoms with Gasteiger partial charge in [0.2, 0.25) is 0 Å². The third kappa shape index (κ3) is 0.824. The fourth-order valence-electron chi connectivity index (χ4n) is 0.861. The maximum absolute atomic E-state index is 4.26. The molecule has 0 saturated heterocycles. The lowest BCUT2D eigenvalue weighted by Crippen LogP contribution is -2.21. The van der Waals surface area contributed by atoms with Gasteiger partial charge in [-0.2, -0.15) is 0 Å². The molecule has 0 aromatic carbocycles. The Bertz CT molecular complexity index is 242. The Balaban J connectivity index is 2.28. The fourth-order valence-corrected chi connectivity index (χ4v) is 1.68. The fraction of sp³-hybridized carbons (Fsp3) is 0.400. The maximum Gasteiger partial charge on any atom is 0.169 e. The average Bonchev–Trinajstić information content (AvgIpc) is 2.27. The molecule has 0 fully saturated rings. The van der Waals surface area contributed by atoms with E-state index in [2.05, 4.69) is 20.8 Å². The highest BCUT2D eigenvalue weighted by Crippen LogP contribution is 2.30. The smallest absolute Gasteiger partial charge is 0.169 e. The van der Waals surface area contributed by atoms with E-state index < -0.39 is 0 Å². The van der Waals surface area contributed by atoms with Gasteiger partial charge in [0.1, 0.15) is 0 Å². The number of aliphatic imine (C=N–C) groups is 1. The summed E-state index contributed by atoms with van der Waals surface area (Å²) in [4.78, 5) is 5.39. The summed E-state index contributed by atoms with van der Waals surface area (Å²) in [5, 5.41) is 8.41. The molecule has 0 bridgehead atoms. The summed E-state index contributed by atoms with van der Waals surface area (Å²) in [6.45, 7) is 1.98. The van der Waals surface area contributed by atoms with Crippen LogP contribution < -0.4 is 5.43 Å². The lowest BCUT2D eigenvalue weighted by molar-refractivity contribution is 0.596. The van der Waals surface area contributed by atoms with Gasteiger partial charge in [0.15, 0.2) is 6.17 Å². The van der Waals surface area contributed by atoms with Crippen molar-refractivity contribution in [2.24, 2.45) is 15.3 Å². The van der Waals surface area contributed by atoms with Crippen LogP contribution in [0.4, 0.5) is 0 Å². The van der Waals surface area contributed by atoms with E-state index in [1.165, 1.54) is 0 Å². The molecule has 2 rings (SSSR count). The predicted molar refractivity (Wildman–Crippen MR) is 40.6 cm³/mol. The lowest BCUT2D eigenvalue weighted by atomic mass is 10.5. The van der Waals surface area contributed by atoms with Crippen molar-refractivity contribution in [3.05, 3.63) is 11.1 Å². The standard InChI is InChI=1S/C5H6N4S/c1-3-7-5-4(10-3)2-6-9-8-5/h2,5H,1H3,(H,6,8). The summed E-state index contributed by atoms with van der Waals surface area (Å²) in [5.74, 6) is 0. The van der Waals surface area contributed by atoms with Gasteiger partial charge >= 0.3 is 0 Å². The molecule has 52 valence electrons. The number of hydrogen-bond acceptors (Lipinski definition) is 5. The number of nitrogens with zero attached hydrogens (tertiary/aromatic N) is 3. The van der Waals surface area contributed by atoms with Gasteiger partial charge in [0, 0.05) is 0 Å². The number of hydrogen-bond donors (Lipinski definition) is 1. The lowest BCUT2D eigenvalue weighted by Gasteiger charge is -2.08. The molecule has 0 radical (unpaired) electrons. The highest BCUT2D eigenvalue weighted by molar-refractivity contribution is 8.17. The third-order valence-electron chi connectivity index (χ3n) is 1.27. The Kier molecular flexibility index (Phi) is 1.23. The van der Waals surface area contributed by atoms with Gasteiger partial charge in [-0.25, -0.2) is 0 Å². The molecular formula is C5H6N4S. The summed E-state index contributed by atoms with van der Waals surface area (Å²) in [6.07, 6.45) is 1.79. The van der Waals surface area contributed by atoms with Crippen LogP contribution in [-0.4, -0.2) is 11.2 Å². The molecule has 0 amide bonds. The van der Waals surface area contributed by atoms with E-state index in [1.54, 1.807) is 18.0 Å². The van der Waals surface area contributed by atoms with E-state index in [9.17, 15) is 0 Å². The van der Waals surface area contributed by atoms with Crippen molar-refractivity contribution in [1.29, 1.82) is 0 Å². The molecule has 5 heteroatoms. The molecule has 0 aliphatic carbocycles. The molecule has 1 N–H and O–H groups in total. The summed E-state index contributed by atoms with van der Waals surface area (Å²) in [5.41, 5.74) is 2.79. The van der Waals surface area contributed by atoms with Crippen molar-refractivity contribution in [3.63, 3.8) is 0 Å². The zero-order chi connectivity index (χ0) is 6.97. The van der Waals surface area contributed by atoms with Crippen LogP contribution in [-0.2, 0) is 0 Å². The van der Waals surface area contributed by atoms with Crippen LogP contribution in [0.5, 0.6) is 0 Å². The molecular weight excluding hydrogens is 148 g/mol. The van der Waals surface area contributed by atoms with Crippen LogP contribution in [0.15, 0.2) is 26.4 Å². The predicted octanol–water partition coefficient (Wildman–Crippen LogP) is 1.29. The maximum atomic E-state index is 4.26. The molecule has 0 spiro atoms. The molecule has 10 heavy (non-hydrogen) atoms. The molecule has 0 aromatic heterocycles. The largest absolute Gasteiger partial charge is 0.262 e. The second-order valence-corrected chi connectivity index (χ2v) is 3.30. The van der Waals surface area contributed by atoms with E-state index >= 15 is 0 Å². The number of rotatable bonds is 0. The van der Waals surface area contributed by atoms with Crippen LogP contribution in [0, 0.1) is 0 Å². The molecule has 2 aliphatic heterocycles. The highest BCUT2D eigenvalue weighted by atomic mass is 32.2. The monoisotopic (exact) mass is 154 g/mol. The minimum absolute atomic E-state index is 0.0440. The van der Waals surface area contributed by atoms with E-state index in [0.29, 0.717) is 0 Å². The second-order valence-electron chi connectivity index (χ2n) is 2.03. The first-order chi connectivity index (χ1) is 4.86. The molecule has 2 heterocycles. The number of nitrogens with one attached hydrogen (secondary N) is 1. The third-order valence-corrected chi connectivity index (χ3v) is 2.23. The zero-order valence-corrected chi connectivity index (χ0v) is 6.22. The van der Waals surface area contributed by atoms with Crippen molar-refractivity contribution < 1.29 is 0 Å². The Labute approximate surface area is 62.5 Å². The SMILES string of the molecule is CC1=NC2NN=NC=C2S1. The van der Waals surface area contributed by atoms with E-state index in [-0.39, 0.29) is 6.17 Å². The van der Waals surface area contributed by atoms with Crippen molar-refractivity contribution in [3.8, 4) is 0 Å². The molecule has 0 aromatic rings. The quantitative estimate of drug-likeness (QED) is 0.571.